The number of benzene rings is 8. The minimum Gasteiger partial charge on any atom is -0.507 e. The number of imidazole rings is 2. The molecule has 2 aromatic heterocycles. The number of hydrogen-bond acceptors (Lipinski definition) is 16. The summed E-state index contributed by atoms with van der Waals surface area (Å²) in [4.78, 5) is 50.8. The number of aromatic hydroxyl groups is 2. The second kappa shape index (κ2) is 30.8. The van der Waals surface area contributed by atoms with Crippen molar-refractivity contribution >= 4 is 90.0 Å². The number of aromatic amines is 2. The van der Waals surface area contributed by atoms with Gasteiger partial charge in [0, 0.05) is 88.3 Å². The molecule has 22 heteroatoms. The molecule has 490 valence electrons. The van der Waals surface area contributed by atoms with Crippen LogP contribution in [0.15, 0.2) is 127 Å². The van der Waals surface area contributed by atoms with Gasteiger partial charge in [0.25, 0.3) is 11.8 Å². The molecule has 8 aromatic carbocycles. The minimum absolute atomic E-state index is 0.00979. The van der Waals surface area contributed by atoms with E-state index in [4.69, 9.17) is 81.3 Å². The number of ether oxygens (including phenoxy) is 8. The first-order valence-electron chi connectivity index (χ1n) is 31.5. The maximum absolute atomic E-state index is 15.4. The number of nitrogens with one attached hydrogen (secondary N) is 2. The highest BCUT2D eigenvalue weighted by Gasteiger charge is 2.38. The highest BCUT2D eigenvalue weighted by molar-refractivity contribution is 6.20. The molecular weight excluding hydrogens is 1240 g/mol. The van der Waals surface area contributed by atoms with Gasteiger partial charge in [-0.1, -0.05) is 48.5 Å². The number of aliphatic hydroxyl groups is 2. The van der Waals surface area contributed by atoms with Gasteiger partial charge >= 0.3 is 0 Å². The Bertz CT molecular complexity index is 4310. The average Bonchev–Trinajstić information content (AvgIpc) is 1.46. The molecule has 0 bridgehead atoms. The smallest absolute Gasteiger partial charge is 0.258 e. The third kappa shape index (κ3) is 14.5. The number of halogens is 2. The number of H-pyrrole nitrogens is 2. The molecule has 6 N–H and O–H groups in total. The van der Waals surface area contributed by atoms with Crippen molar-refractivity contribution in [2.75, 3.05) is 140 Å². The molecule has 0 saturated carbocycles. The van der Waals surface area contributed by atoms with Gasteiger partial charge in [0.15, 0.2) is 0 Å². The Morgan fingerprint density at radius 3 is 1.65 bits per heavy atom. The Balaban J connectivity index is 0.814. The summed E-state index contributed by atoms with van der Waals surface area (Å²) in [7, 11) is 0. The standard InChI is InChI=1S/C72H74Cl2N6O14/c1-44-5-2-9-55-62(83)38-60-66(64(44)55)51(40-73)42-80(60)72(86)50-34-49(68-59(37-50)77-70(78-68)47-7-3-8-54(35-47)94-32-30-92-28-26-90-24-22-88-20-18-82)33-46-6-4-10-56-63(84)39-61-67(65(46)56)52(41-74)43-79(61)71(85)48-13-16-57-58(36-48)76-69(75-57)45-11-14-53(15-12-45)93-31-29-91-27-25-89-23-21-87-19-17-81/h2-16,34-39,51-52,81-84H,17-33,40-43H2,1H3,(H,75,76)(H,77,78). The van der Waals surface area contributed by atoms with Gasteiger partial charge in [-0.2, -0.15) is 0 Å². The van der Waals surface area contributed by atoms with Crippen molar-refractivity contribution < 1.29 is 67.9 Å². The number of nitrogens with zero attached hydrogens (tertiary/aromatic N) is 4. The molecule has 0 radical (unpaired) electrons. The van der Waals surface area contributed by atoms with Crippen molar-refractivity contribution in [1.82, 2.24) is 19.9 Å². The summed E-state index contributed by atoms with van der Waals surface area (Å²) in [5.74, 6) is 1.84. The number of carbonyl (C=O) groups is 2. The fourth-order valence-corrected chi connectivity index (χ4v) is 13.0. The summed E-state index contributed by atoms with van der Waals surface area (Å²) in [5, 5.41) is 44.1. The number of anilines is 2. The molecule has 12 rings (SSSR count). The number of amides is 2. The van der Waals surface area contributed by atoms with Crippen LogP contribution in [0.1, 0.15) is 60.4 Å². The molecule has 0 saturated heterocycles. The summed E-state index contributed by atoms with van der Waals surface area (Å²) < 4.78 is 44.8. The van der Waals surface area contributed by atoms with Crippen LogP contribution in [0.25, 0.3) is 66.4 Å². The third-order valence-electron chi connectivity index (χ3n) is 16.9. The van der Waals surface area contributed by atoms with Crippen LogP contribution in [0.2, 0.25) is 0 Å². The lowest BCUT2D eigenvalue weighted by Gasteiger charge is -2.20. The fraction of sp³-hybridized carbons (Fsp3) is 0.333. The maximum atomic E-state index is 15.4. The Labute approximate surface area is 552 Å². The molecule has 0 spiro atoms. The predicted octanol–water partition coefficient (Wildman–Crippen LogP) is 11.2. The predicted molar refractivity (Wildman–Crippen MR) is 362 cm³/mol. The summed E-state index contributed by atoms with van der Waals surface area (Å²) in [5.41, 5.74) is 10.3. The molecule has 2 unspecified atom stereocenters. The van der Waals surface area contributed by atoms with Crippen molar-refractivity contribution in [2.45, 2.75) is 25.2 Å². The zero-order valence-electron chi connectivity index (χ0n) is 52.0. The van der Waals surface area contributed by atoms with Crippen LogP contribution >= 0.6 is 23.2 Å². The zero-order valence-corrected chi connectivity index (χ0v) is 53.6. The first kappa shape index (κ1) is 65.7. The Morgan fingerprint density at radius 1 is 0.511 bits per heavy atom. The molecule has 0 fully saturated rings. The van der Waals surface area contributed by atoms with E-state index in [1.807, 2.05) is 110 Å². The molecule has 0 aliphatic carbocycles. The van der Waals surface area contributed by atoms with E-state index < -0.39 is 0 Å². The highest BCUT2D eigenvalue weighted by Crippen LogP contribution is 2.49. The number of phenols is 2. The van der Waals surface area contributed by atoms with E-state index in [0.29, 0.717) is 163 Å². The minimum atomic E-state index is -0.323. The number of alkyl halides is 2. The number of carbonyl (C=O) groups excluding carboxylic acids is 2. The van der Waals surface area contributed by atoms with Crippen LogP contribution in [0.5, 0.6) is 23.0 Å². The second-order valence-electron chi connectivity index (χ2n) is 23.0. The number of rotatable bonds is 32. The Kier molecular flexibility index (Phi) is 21.5. The molecule has 2 aliphatic heterocycles. The van der Waals surface area contributed by atoms with Gasteiger partial charge in [-0.05, 0) is 112 Å². The summed E-state index contributed by atoms with van der Waals surface area (Å²) in [6.45, 7) is 7.68. The third-order valence-corrected chi connectivity index (χ3v) is 17.6. The van der Waals surface area contributed by atoms with Gasteiger partial charge in [-0.25, -0.2) is 9.97 Å². The first-order chi connectivity index (χ1) is 46.0. The van der Waals surface area contributed by atoms with Gasteiger partial charge in [0.1, 0.15) is 47.9 Å². The number of aryl methyl sites for hydroxylation is 1. The number of phenolic OH excluding ortho intramolecular Hbond substituents is 2. The van der Waals surface area contributed by atoms with E-state index in [1.54, 1.807) is 34.1 Å². The Morgan fingerprint density at radius 2 is 1.03 bits per heavy atom. The largest absolute Gasteiger partial charge is 0.507 e. The maximum Gasteiger partial charge on any atom is 0.258 e. The number of hydrogen-bond donors (Lipinski definition) is 6. The number of aromatic nitrogens is 4. The molecule has 2 aliphatic rings. The van der Waals surface area contributed by atoms with Crippen LogP contribution in [-0.4, -0.2) is 183 Å². The molecule has 4 heterocycles. The van der Waals surface area contributed by atoms with Gasteiger partial charge in [0.05, 0.1) is 126 Å². The second-order valence-corrected chi connectivity index (χ2v) is 23.6. The quantitative estimate of drug-likeness (QED) is 0.0169. The van der Waals surface area contributed by atoms with Crippen LogP contribution < -0.4 is 19.3 Å². The van der Waals surface area contributed by atoms with E-state index in [9.17, 15) is 15.0 Å². The monoisotopic (exact) mass is 1320 g/mol. The van der Waals surface area contributed by atoms with Gasteiger partial charge < -0.3 is 78.1 Å². The molecule has 2 atom stereocenters. The average molecular weight is 1320 g/mol. The lowest BCUT2D eigenvalue weighted by molar-refractivity contribution is 0.00361. The van der Waals surface area contributed by atoms with Gasteiger partial charge in [0.2, 0.25) is 0 Å². The van der Waals surface area contributed by atoms with Crippen molar-refractivity contribution in [3.05, 3.63) is 166 Å². The first-order valence-corrected chi connectivity index (χ1v) is 32.6. The summed E-state index contributed by atoms with van der Waals surface area (Å²) in [6, 6.07) is 39.0. The lowest BCUT2D eigenvalue weighted by atomic mass is 9.89. The van der Waals surface area contributed by atoms with E-state index in [0.717, 1.165) is 44.2 Å². The van der Waals surface area contributed by atoms with E-state index >= 15 is 4.79 Å². The zero-order chi connectivity index (χ0) is 65.1. The summed E-state index contributed by atoms with van der Waals surface area (Å²) >= 11 is 13.7. The van der Waals surface area contributed by atoms with Gasteiger partial charge in [-0.15, -0.1) is 23.2 Å². The van der Waals surface area contributed by atoms with E-state index in [-0.39, 0.29) is 92.9 Å². The lowest BCUT2D eigenvalue weighted by Crippen LogP contribution is -2.30. The van der Waals surface area contributed by atoms with Crippen LogP contribution in [-0.2, 0) is 34.8 Å². The van der Waals surface area contributed by atoms with Crippen LogP contribution in [0, 0.1) is 6.92 Å². The van der Waals surface area contributed by atoms with Crippen molar-refractivity contribution in [3.8, 4) is 45.8 Å². The SMILES string of the molecule is Cc1cccc2c(O)cc3c(c12)C(CCl)CN3C(=O)c1cc(Cc2cccc3c(O)cc4c(c23)C(CCl)CN4C(=O)c2ccc3nc(-c4ccc(OCCOCCOCCOCCO)cc4)[nH]c3c2)c2nc(-c3cccc(OCCOCCOCCOCCO)c3)[nH]c2c1. The molecular formula is C72H74Cl2N6O14. The highest BCUT2D eigenvalue weighted by atomic mass is 35.5. The van der Waals surface area contributed by atoms with Gasteiger partial charge in [-0.3, -0.25) is 9.59 Å². The Hall–Kier alpha value is -8.38. The van der Waals surface area contributed by atoms with Crippen LogP contribution in [0.4, 0.5) is 11.4 Å². The number of aliphatic hydroxyl groups excluding tert-OH is 2. The van der Waals surface area contributed by atoms with Crippen LogP contribution in [0.3, 0.4) is 0 Å². The molecule has 94 heavy (non-hydrogen) atoms. The normalized spacial score (nSPS) is 14.5. The van der Waals surface area contributed by atoms with Crippen molar-refractivity contribution in [1.29, 1.82) is 0 Å². The molecule has 2 amide bonds. The van der Waals surface area contributed by atoms with Crippen molar-refractivity contribution in [3.63, 3.8) is 0 Å². The fourth-order valence-electron chi connectivity index (χ4n) is 12.5. The van der Waals surface area contributed by atoms with Crippen molar-refractivity contribution in [2.24, 2.45) is 0 Å². The van der Waals surface area contributed by atoms with E-state index in [1.165, 1.54) is 0 Å². The molecule has 10 aromatic rings. The number of fused-ring (bicyclic) bond motifs is 8. The molecule has 20 nitrogen and oxygen atoms in total. The topological polar surface area (TPSA) is 253 Å². The van der Waals surface area contributed by atoms with E-state index in [2.05, 4.69) is 9.97 Å². The summed E-state index contributed by atoms with van der Waals surface area (Å²) in [6.07, 6.45) is 0.251.